The van der Waals surface area contributed by atoms with Gasteiger partial charge >= 0.3 is 12.1 Å². The molecular formula is C15H22FNO4. The van der Waals surface area contributed by atoms with Crippen LogP contribution in [0, 0.1) is 12.7 Å². The molecule has 0 fully saturated rings. The van der Waals surface area contributed by atoms with Crippen LogP contribution in [0.3, 0.4) is 0 Å². The highest BCUT2D eigenvalue weighted by atomic mass is 19.1. The maximum Gasteiger partial charge on any atom is 0.408 e. The van der Waals surface area contributed by atoms with Gasteiger partial charge in [0.2, 0.25) is 0 Å². The summed E-state index contributed by atoms with van der Waals surface area (Å²) in [5.74, 6) is -1.22. The molecule has 1 rings (SSSR count). The number of carboxylic acids is 1. The number of benzene rings is 1. The summed E-state index contributed by atoms with van der Waals surface area (Å²) >= 11 is 0. The van der Waals surface area contributed by atoms with Crippen LogP contribution in [0.4, 0.5) is 9.18 Å². The van der Waals surface area contributed by atoms with Gasteiger partial charge in [0.15, 0.2) is 0 Å². The number of carboxylic acid groups (broad SMARTS) is 1. The van der Waals surface area contributed by atoms with Crippen molar-refractivity contribution in [3.63, 3.8) is 0 Å². The molecule has 118 valence electrons. The fourth-order valence-electron chi connectivity index (χ4n) is 1.10. The number of carbonyl (C=O) groups is 2. The van der Waals surface area contributed by atoms with Crippen LogP contribution in [0.25, 0.3) is 0 Å². The van der Waals surface area contributed by atoms with E-state index in [2.05, 4.69) is 5.32 Å². The molecule has 1 amide bonds. The lowest BCUT2D eigenvalue weighted by molar-refractivity contribution is -0.139. The first kappa shape index (κ1) is 18.9. The van der Waals surface area contributed by atoms with Gasteiger partial charge in [0.05, 0.1) is 0 Å². The normalized spacial score (nSPS) is 11.7. The van der Waals surface area contributed by atoms with Gasteiger partial charge in [-0.3, -0.25) is 4.79 Å². The highest BCUT2D eigenvalue weighted by molar-refractivity contribution is 5.79. The Morgan fingerprint density at radius 1 is 1.29 bits per heavy atom. The van der Waals surface area contributed by atoms with Crippen LogP contribution in [-0.2, 0) is 9.53 Å². The highest BCUT2D eigenvalue weighted by Gasteiger charge is 2.20. The number of amides is 1. The summed E-state index contributed by atoms with van der Waals surface area (Å²) < 4.78 is 17.2. The fraction of sp³-hybridized carbons (Fsp3) is 0.467. The van der Waals surface area contributed by atoms with E-state index in [4.69, 9.17) is 9.84 Å². The first-order valence-electron chi connectivity index (χ1n) is 6.46. The lowest BCUT2D eigenvalue weighted by Gasteiger charge is -2.20. The third-order valence-corrected chi connectivity index (χ3v) is 2.18. The third kappa shape index (κ3) is 9.43. The molecule has 2 N–H and O–H groups in total. The topological polar surface area (TPSA) is 75.6 Å². The first-order valence-corrected chi connectivity index (χ1v) is 6.46. The quantitative estimate of drug-likeness (QED) is 0.879. The molecule has 0 bridgehead atoms. The number of aryl methyl sites for hydroxylation is 1. The number of carbonyl (C=O) groups excluding carboxylic acids is 1. The second kappa shape index (κ2) is 8.24. The zero-order valence-corrected chi connectivity index (χ0v) is 12.9. The van der Waals surface area contributed by atoms with E-state index in [1.54, 1.807) is 39.8 Å². The Balaban J connectivity index is 0.000000423. The molecule has 21 heavy (non-hydrogen) atoms. The van der Waals surface area contributed by atoms with E-state index in [0.717, 1.165) is 0 Å². The van der Waals surface area contributed by atoms with Gasteiger partial charge in [0.1, 0.15) is 17.5 Å². The maximum absolute atomic E-state index is 12.3. The zero-order chi connectivity index (χ0) is 16.6. The smallest absolute Gasteiger partial charge is 0.408 e. The Kier molecular flexibility index (Phi) is 7.41. The maximum atomic E-state index is 12.3. The molecule has 6 heteroatoms. The number of halogens is 1. The molecule has 1 unspecified atom stereocenters. The monoisotopic (exact) mass is 299 g/mol. The molecule has 1 aromatic rings. The number of hydrogen-bond donors (Lipinski definition) is 2. The third-order valence-electron chi connectivity index (χ3n) is 2.18. The van der Waals surface area contributed by atoms with Gasteiger partial charge in [0.25, 0.3) is 0 Å². The molecule has 0 aliphatic heterocycles. The number of hydrogen-bond acceptors (Lipinski definition) is 3. The van der Waals surface area contributed by atoms with E-state index in [0.29, 0.717) is 5.56 Å². The summed E-state index contributed by atoms with van der Waals surface area (Å²) in [6.07, 6.45) is -0.720. The van der Waals surface area contributed by atoms with Crippen LogP contribution in [0.15, 0.2) is 24.3 Å². The summed E-state index contributed by atoms with van der Waals surface area (Å²) in [5, 5.41) is 10.6. The lowest BCUT2D eigenvalue weighted by atomic mass is 10.2. The van der Waals surface area contributed by atoms with Gasteiger partial charge in [0, 0.05) is 0 Å². The van der Waals surface area contributed by atoms with Gasteiger partial charge < -0.3 is 15.2 Å². The SMILES string of the molecule is CC(NC(=O)OC(C)(C)C)C(=O)O.Cc1ccccc1F. The van der Waals surface area contributed by atoms with E-state index in [1.165, 1.54) is 13.0 Å². The minimum Gasteiger partial charge on any atom is -0.480 e. The van der Waals surface area contributed by atoms with E-state index < -0.39 is 23.7 Å². The molecule has 0 heterocycles. The second-order valence-electron chi connectivity index (χ2n) is 5.46. The van der Waals surface area contributed by atoms with Crippen LogP contribution >= 0.6 is 0 Å². The highest BCUT2D eigenvalue weighted by Crippen LogP contribution is 2.06. The molecule has 0 radical (unpaired) electrons. The minimum absolute atomic E-state index is 0.132. The van der Waals surface area contributed by atoms with Crippen molar-refractivity contribution in [1.82, 2.24) is 5.32 Å². The number of ether oxygens (including phenoxy) is 1. The van der Waals surface area contributed by atoms with Crippen molar-refractivity contribution in [3.8, 4) is 0 Å². The molecule has 1 atom stereocenters. The summed E-state index contributed by atoms with van der Waals surface area (Å²) in [5.41, 5.74) is 0.0926. The van der Waals surface area contributed by atoms with Gasteiger partial charge in [-0.25, -0.2) is 9.18 Å². The molecule has 0 saturated heterocycles. The van der Waals surface area contributed by atoms with E-state index >= 15 is 0 Å². The van der Waals surface area contributed by atoms with Gasteiger partial charge in [-0.05, 0) is 46.2 Å². The standard InChI is InChI=1S/C8H15NO4.C7H7F/c1-5(6(10)11)9-7(12)13-8(2,3)4;1-6-4-2-3-5-7(6)8/h5H,1-4H3,(H,9,12)(H,10,11);2-5H,1H3. The Bertz CT molecular complexity index is 462. The van der Waals surface area contributed by atoms with Gasteiger partial charge in [-0.1, -0.05) is 18.2 Å². The van der Waals surface area contributed by atoms with Crippen molar-refractivity contribution in [3.05, 3.63) is 35.6 Å². The molecule has 1 aromatic carbocycles. The first-order chi connectivity index (χ1) is 9.53. The summed E-state index contributed by atoms with van der Waals surface area (Å²) in [6, 6.07) is 5.76. The lowest BCUT2D eigenvalue weighted by Crippen LogP contribution is -2.41. The van der Waals surface area contributed by atoms with Crippen LogP contribution in [0.5, 0.6) is 0 Å². The van der Waals surface area contributed by atoms with E-state index in [9.17, 15) is 14.0 Å². The van der Waals surface area contributed by atoms with Crippen molar-refractivity contribution in [2.45, 2.75) is 46.3 Å². The number of rotatable bonds is 2. The van der Waals surface area contributed by atoms with Crippen LogP contribution < -0.4 is 5.32 Å². The van der Waals surface area contributed by atoms with Crippen molar-refractivity contribution in [2.75, 3.05) is 0 Å². The average Bonchev–Trinajstić information content (AvgIpc) is 2.31. The van der Waals surface area contributed by atoms with Crippen molar-refractivity contribution in [1.29, 1.82) is 0 Å². The van der Waals surface area contributed by atoms with Crippen LogP contribution in [-0.4, -0.2) is 28.8 Å². The second-order valence-corrected chi connectivity index (χ2v) is 5.46. The molecule has 0 saturated carbocycles. The van der Waals surface area contributed by atoms with E-state index in [-0.39, 0.29) is 5.82 Å². The number of aliphatic carboxylic acids is 1. The molecule has 0 spiro atoms. The van der Waals surface area contributed by atoms with E-state index in [1.807, 2.05) is 6.07 Å². The average molecular weight is 299 g/mol. The predicted octanol–water partition coefficient (Wildman–Crippen LogP) is 3.12. The number of alkyl carbamates (subject to hydrolysis) is 1. The molecule has 5 nitrogen and oxygen atoms in total. The predicted molar refractivity (Wildman–Crippen MR) is 77.6 cm³/mol. The van der Waals surface area contributed by atoms with Crippen molar-refractivity contribution in [2.24, 2.45) is 0 Å². The van der Waals surface area contributed by atoms with Crippen LogP contribution in [0.1, 0.15) is 33.3 Å². The molecule has 0 aliphatic carbocycles. The minimum atomic E-state index is -1.09. The Labute approximate surface area is 124 Å². The fourth-order valence-corrected chi connectivity index (χ4v) is 1.10. The van der Waals surface area contributed by atoms with Gasteiger partial charge in [-0.2, -0.15) is 0 Å². The van der Waals surface area contributed by atoms with Crippen LogP contribution in [0.2, 0.25) is 0 Å². The summed E-state index contributed by atoms with van der Waals surface area (Å²) in [7, 11) is 0. The van der Waals surface area contributed by atoms with Crippen molar-refractivity contribution < 1.29 is 23.8 Å². The summed E-state index contributed by atoms with van der Waals surface area (Å²) in [6.45, 7) is 8.23. The Hall–Kier alpha value is -2.11. The zero-order valence-electron chi connectivity index (χ0n) is 12.9. The summed E-state index contributed by atoms with van der Waals surface area (Å²) in [4.78, 5) is 21.3. The Morgan fingerprint density at radius 2 is 1.81 bits per heavy atom. The largest absolute Gasteiger partial charge is 0.480 e. The molecular weight excluding hydrogens is 277 g/mol. The molecule has 0 aliphatic rings. The van der Waals surface area contributed by atoms with Crippen molar-refractivity contribution >= 4 is 12.1 Å². The van der Waals surface area contributed by atoms with Gasteiger partial charge in [-0.15, -0.1) is 0 Å². The number of nitrogens with one attached hydrogen (secondary N) is 1. The molecule has 0 aromatic heterocycles. The Morgan fingerprint density at radius 3 is 2.14 bits per heavy atom.